The van der Waals surface area contributed by atoms with Gasteiger partial charge >= 0.3 is 0 Å². The molecule has 4 N–H and O–H groups in total. The van der Waals surface area contributed by atoms with Crippen molar-refractivity contribution in [3.63, 3.8) is 0 Å². The van der Waals surface area contributed by atoms with Gasteiger partial charge in [0, 0.05) is 23.4 Å². The van der Waals surface area contributed by atoms with Crippen LogP contribution in [0.5, 0.6) is 0 Å². The zero-order valence-electron chi connectivity index (χ0n) is 15.7. The first kappa shape index (κ1) is 19.4. The van der Waals surface area contributed by atoms with Crippen molar-refractivity contribution in [1.29, 1.82) is 0 Å². The van der Waals surface area contributed by atoms with Gasteiger partial charge in [0.05, 0.1) is 6.26 Å². The third-order valence-corrected chi connectivity index (χ3v) is 4.29. The van der Waals surface area contributed by atoms with Crippen molar-refractivity contribution in [1.82, 2.24) is 5.32 Å². The summed E-state index contributed by atoms with van der Waals surface area (Å²) in [5, 5.41) is 7.53. The summed E-state index contributed by atoms with van der Waals surface area (Å²) in [6, 6.07) is 20.4. The maximum atomic E-state index is 12.5. The summed E-state index contributed by atoms with van der Waals surface area (Å²) in [4.78, 5) is 24.4. The zero-order valence-corrected chi connectivity index (χ0v) is 15.7. The highest BCUT2D eigenvalue weighted by atomic mass is 16.3. The molecule has 3 aromatic rings. The Labute approximate surface area is 164 Å². The number of hydrogen-bond donors (Lipinski definition) is 3. The number of hydrogen-bond acceptors (Lipinski definition) is 3. The van der Waals surface area contributed by atoms with E-state index >= 15 is 0 Å². The summed E-state index contributed by atoms with van der Waals surface area (Å²) in [7, 11) is 0. The van der Waals surface area contributed by atoms with Crippen molar-refractivity contribution in [3.8, 4) is 0 Å². The predicted octanol–water partition coefficient (Wildman–Crippen LogP) is 2.32. The SMILES string of the molecule is CCNC(=O)c1cccc(NC(=O)C[NH2+][C@H](c2ccccc2)c2ccco2)c1. The Hall–Kier alpha value is -3.38. The number of amides is 2. The number of furan rings is 1. The lowest BCUT2D eigenvalue weighted by Crippen LogP contribution is -2.87. The molecule has 0 spiro atoms. The number of rotatable bonds is 8. The molecule has 0 fully saturated rings. The lowest BCUT2D eigenvalue weighted by molar-refractivity contribution is -0.678. The number of nitrogens with two attached hydrogens (primary N) is 1. The molecule has 0 bridgehead atoms. The Morgan fingerprint density at radius 1 is 1.04 bits per heavy atom. The Morgan fingerprint density at radius 3 is 2.57 bits per heavy atom. The maximum absolute atomic E-state index is 12.5. The van der Waals surface area contributed by atoms with Gasteiger partial charge in [0.1, 0.15) is 0 Å². The molecular formula is C22H24N3O3+. The fraction of sp³-hybridized carbons (Fsp3) is 0.182. The Balaban J connectivity index is 1.64. The first-order valence-corrected chi connectivity index (χ1v) is 9.27. The molecular weight excluding hydrogens is 354 g/mol. The summed E-state index contributed by atoms with van der Waals surface area (Å²) in [5.41, 5.74) is 2.17. The third-order valence-electron chi connectivity index (χ3n) is 4.29. The van der Waals surface area contributed by atoms with Gasteiger partial charge in [0.2, 0.25) is 0 Å². The minimum Gasteiger partial charge on any atom is -0.463 e. The maximum Gasteiger partial charge on any atom is 0.279 e. The molecule has 6 nitrogen and oxygen atoms in total. The molecule has 0 radical (unpaired) electrons. The van der Waals surface area contributed by atoms with Crippen molar-refractivity contribution in [2.24, 2.45) is 0 Å². The first-order chi connectivity index (χ1) is 13.7. The van der Waals surface area contributed by atoms with Gasteiger partial charge in [0.15, 0.2) is 18.3 Å². The number of anilines is 1. The lowest BCUT2D eigenvalue weighted by atomic mass is 10.0. The molecule has 2 amide bonds. The number of nitrogens with one attached hydrogen (secondary N) is 2. The molecule has 28 heavy (non-hydrogen) atoms. The van der Waals surface area contributed by atoms with E-state index in [-0.39, 0.29) is 24.4 Å². The summed E-state index contributed by atoms with van der Waals surface area (Å²) in [5.74, 6) is 0.477. The number of quaternary nitrogens is 1. The van der Waals surface area contributed by atoms with Crippen LogP contribution >= 0.6 is 0 Å². The molecule has 0 aliphatic heterocycles. The largest absolute Gasteiger partial charge is 0.463 e. The minimum atomic E-state index is -0.160. The average molecular weight is 378 g/mol. The van der Waals surface area contributed by atoms with Gasteiger partial charge in [-0.05, 0) is 37.3 Å². The summed E-state index contributed by atoms with van der Waals surface area (Å²) < 4.78 is 5.56. The number of carbonyl (C=O) groups excluding carboxylic acids is 2. The van der Waals surface area contributed by atoms with E-state index in [1.165, 1.54) is 0 Å². The average Bonchev–Trinajstić information content (AvgIpc) is 3.24. The van der Waals surface area contributed by atoms with Crippen LogP contribution in [-0.2, 0) is 4.79 Å². The molecule has 1 atom stereocenters. The van der Waals surface area contributed by atoms with Crippen molar-refractivity contribution < 1.29 is 19.3 Å². The van der Waals surface area contributed by atoms with E-state index in [0.29, 0.717) is 17.8 Å². The van der Waals surface area contributed by atoms with Gasteiger partial charge in [-0.2, -0.15) is 0 Å². The van der Waals surface area contributed by atoms with Crippen LogP contribution in [-0.4, -0.2) is 24.9 Å². The standard InChI is InChI=1S/C22H23N3O3/c1-2-23-22(27)17-10-6-11-18(14-17)25-20(26)15-24-21(19-12-7-13-28-19)16-8-4-3-5-9-16/h3-14,21,24H,2,15H2,1H3,(H,23,27)(H,25,26)/p+1/t21-/m1/s1. The van der Waals surface area contributed by atoms with Crippen LogP contribution in [0.1, 0.15) is 34.6 Å². The minimum absolute atomic E-state index is 0.108. The van der Waals surface area contributed by atoms with Crippen LogP contribution in [0.3, 0.4) is 0 Å². The van der Waals surface area contributed by atoms with Gasteiger partial charge in [0.25, 0.3) is 11.8 Å². The fourth-order valence-corrected chi connectivity index (χ4v) is 2.98. The van der Waals surface area contributed by atoms with E-state index in [1.807, 2.05) is 54.7 Å². The fourth-order valence-electron chi connectivity index (χ4n) is 2.98. The topological polar surface area (TPSA) is 88.0 Å². The highest BCUT2D eigenvalue weighted by Gasteiger charge is 2.21. The van der Waals surface area contributed by atoms with Gasteiger partial charge in [-0.1, -0.05) is 36.4 Å². The van der Waals surface area contributed by atoms with Gasteiger partial charge in [-0.25, -0.2) is 0 Å². The van der Waals surface area contributed by atoms with Crippen molar-refractivity contribution in [3.05, 3.63) is 89.9 Å². The predicted molar refractivity (Wildman–Crippen MR) is 107 cm³/mol. The summed E-state index contributed by atoms with van der Waals surface area (Å²) >= 11 is 0. The van der Waals surface area contributed by atoms with Crippen LogP contribution in [0.2, 0.25) is 0 Å². The van der Waals surface area contributed by atoms with Gasteiger partial charge < -0.3 is 20.4 Å². The van der Waals surface area contributed by atoms with E-state index in [2.05, 4.69) is 10.6 Å². The molecule has 3 rings (SSSR count). The van der Waals surface area contributed by atoms with Crippen LogP contribution in [0, 0.1) is 0 Å². The van der Waals surface area contributed by atoms with Crippen LogP contribution in [0.25, 0.3) is 0 Å². The number of benzene rings is 2. The highest BCUT2D eigenvalue weighted by molar-refractivity contribution is 5.97. The Bertz CT molecular complexity index is 908. The Morgan fingerprint density at radius 2 is 1.86 bits per heavy atom. The van der Waals surface area contributed by atoms with Crippen molar-refractivity contribution in [2.45, 2.75) is 13.0 Å². The second kappa shape index (κ2) is 9.53. The molecule has 0 aliphatic rings. The quantitative estimate of drug-likeness (QED) is 0.562. The van der Waals surface area contributed by atoms with Crippen LogP contribution in [0.4, 0.5) is 5.69 Å². The van der Waals surface area contributed by atoms with Crippen LogP contribution < -0.4 is 16.0 Å². The molecule has 6 heteroatoms. The molecule has 0 unspecified atom stereocenters. The van der Waals surface area contributed by atoms with Crippen molar-refractivity contribution in [2.75, 3.05) is 18.4 Å². The lowest BCUT2D eigenvalue weighted by Gasteiger charge is -2.14. The molecule has 2 aromatic carbocycles. The normalized spacial score (nSPS) is 11.6. The summed E-state index contributed by atoms with van der Waals surface area (Å²) in [6.45, 7) is 2.63. The zero-order chi connectivity index (χ0) is 19.8. The van der Waals surface area contributed by atoms with E-state index < -0.39 is 0 Å². The molecule has 0 saturated carbocycles. The van der Waals surface area contributed by atoms with Crippen molar-refractivity contribution >= 4 is 17.5 Å². The molecule has 0 saturated heterocycles. The Kier molecular flexibility index (Phi) is 6.59. The molecule has 1 aromatic heterocycles. The van der Waals surface area contributed by atoms with Crippen LogP contribution in [0.15, 0.2) is 77.4 Å². The highest BCUT2D eigenvalue weighted by Crippen LogP contribution is 2.18. The first-order valence-electron chi connectivity index (χ1n) is 9.27. The number of carbonyl (C=O) groups is 2. The second-order valence-electron chi connectivity index (χ2n) is 6.33. The van der Waals surface area contributed by atoms with E-state index in [4.69, 9.17) is 4.42 Å². The van der Waals surface area contributed by atoms with Gasteiger partial charge in [-0.3, -0.25) is 9.59 Å². The molecule has 144 valence electrons. The van der Waals surface area contributed by atoms with E-state index in [1.54, 1.807) is 30.5 Å². The summed E-state index contributed by atoms with van der Waals surface area (Å²) in [6.07, 6.45) is 1.63. The van der Waals surface area contributed by atoms with E-state index in [9.17, 15) is 9.59 Å². The molecule has 0 aliphatic carbocycles. The van der Waals surface area contributed by atoms with Gasteiger partial charge in [-0.15, -0.1) is 0 Å². The van der Waals surface area contributed by atoms with E-state index in [0.717, 1.165) is 11.3 Å². The molecule has 1 heterocycles. The monoisotopic (exact) mass is 378 g/mol. The third kappa shape index (κ3) is 5.08. The second-order valence-corrected chi connectivity index (χ2v) is 6.33. The smallest absolute Gasteiger partial charge is 0.279 e.